The van der Waals surface area contributed by atoms with Crippen molar-refractivity contribution in [2.75, 3.05) is 14.2 Å². The molecule has 2 rings (SSSR count). The molecule has 0 bridgehead atoms. The summed E-state index contributed by atoms with van der Waals surface area (Å²) in [6.07, 6.45) is 0. The molecule has 2 aromatic rings. The summed E-state index contributed by atoms with van der Waals surface area (Å²) in [7, 11) is 2.93. The molecule has 19 heavy (non-hydrogen) atoms. The molecule has 4 nitrogen and oxygen atoms in total. The van der Waals surface area contributed by atoms with Gasteiger partial charge in [0.2, 0.25) is 0 Å². The van der Waals surface area contributed by atoms with Gasteiger partial charge in [-0.1, -0.05) is 15.9 Å². The van der Waals surface area contributed by atoms with Crippen molar-refractivity contribution in [1.82, 2.24) is 4.98 Å². The van der Waals surface area contributed by atoms with Crippen LogP contribution in [0, 0.1) is 0 Å². The lowest BCUT2D eigenvalue weighted by Crippen LogP contribution is -2.03. The van der Waals surface area contributed by atoms with E-state index in [1.54, 1.807) is 7.11 Å². The standard InChI is InChI=1S/C12H9Br2NO3S/c1-17-6-3-4-8(13)7(5-6)10-9(11(16)18-2)15-12(14)19-10/h3-5H,1-2H3. The van der Waals surface area contributed by atoms with Gasteiger partial charge in [-0.05, 0) is 34.1 Å². The van der Waals surface area contributed by atoms with Crippen LogP contribution >= 0.6 is 43.2 Å². The van der Waals surface area contributed by atoms with E-state index in [0.29, 0.717) is 9.67 Å². The average Bonchev–Trinajstić information content (AvgIpc) is 2.80. The van der Waals surface area contributed by atoms with Crippen molar-refractivity contribution in [3.63, 3.8) is 0 Å². The third-order valence-corrected chi connectivity index (χ3v) is 4.63. The van der Waals surface area contributed by atoms with E-state index in [1.165, 1.54) is 18.4 Å². The van der Waals surface area contributed by atoms with Crippen LogP contribution in [0.2, 0.25) is 0 Å². The quantitative estimate of drug-likeness (QED) is 0.719. The van der Waals surface area contributed by atoms with Gasteiger partial charge in [0.1, 0.15) is 5.75 Å². The minimum absolute atomic E-state index is 0.285. The number of methoxy groups -OCH3 is 2. The summed E-state index contributed by atoms with van der Waals surface area (Å²) in [5, 5.41) is 0. The largest absolute Gasteiger partial charge is 0.497 e. The lowest BCUT2D eigenvalue weighted by molar-refractivity contribution is 0.0595. The number of benzene rings is 1. The summed E-state index contributed by atoms with van der Waals surface area (Å²) in [6, 6.07) is 5.54. The fourth-order valence-corrected chi connectivity index (χ4v) is 3.57. The second-order valence-electron chi connectivity index (χ2n) is 3.48. The fraction of sp³-hybridized carbons (Fsp3) is 0.167. The zero-order chi connectivity index (χ0) is 14.0. The molecule has 1 aromatic heterocycles. The maximum absolute atomic E-state index is 11.7. The van der Waals surface area contributed by atoms with Crippen LogP contribution in [0.25, 0.3) is 10.4 Å². The smallest absolute Gasteiger partial charge is 0.358 e. The van der Waals surface area contributed by atoms with Crippen LogP contribution in [0.3, 0.4) is 0 Å². The highest BCUT2D eigenvalue weighted by atomic mass is 79.9. The van der Waals surface area contributed by atoms with Gasteiger partial charge in [-0.2, -0.15) is 0 Å². The number of hydrogen-bond donors (Lipinski definition) is 0. The van der Waals surface area contributed by atoms with Gasteiger partial charge in [-0.3, -0.25) is 0 Å². The molecule has 0 aliphatic carbocycles. The molecule has 0 radical (unpaired) electrons. The zero-order valence-electron chi connectivity index (χ0n) is 10.1. The fourth-order valence-electron chi connectivity index (χ4n) is 1.52. The average molecular weight is 407 g/mol. The minimum atomic E-state index is -0.466. The molecular weight excluding hydrogens is 398 g/mol. The van der Waals surface area contributed by atoms with E-state index in [9.17, 15) is 4.79 Å². The predicted octanol–water partition coefficient (Wildman–Crippen LogP) is 4.13. The summed E-state index contributed by atoms with van der Waals surface area (Å²) in [6.45, 7) is 0. The van der Waals surface area contributed by atoms with Gasteiger partial charge in [0, 0.05) is 10.0 Å². The lowest BCUT2D eigenvalue weighted by Gasteiger charge is -2.06. The number of esters is 1. The van der Waals surface area contributed by atoms with Gasteiger partial charge in [0.25, 0.3) is 0 Å². The van der Waals surface area contributed by atoms with Gasteiger partial charge in [0.05, 0.1) is 19.1 Å². The summed E-state index contributed by atoms with van der Waals surface area (Å²) in [5.74, 6) is 0.241. The summed E-state index contributed by atoms with van der Waals surface area (Å²) in [5.41, 5.74) is 1.12. The van der Waals surface area contributed by atoms with Crippen molar-refractivity contribution >= 4 is 49.2 Å². The molecule has 0 atom stereocenters. The molecule has 7 heteroatoms. The van der Waals surface area contributed by atoms with E-state index in [0.717, 1.165) is 14.9 Å². The van der Waals surface area contributed by atoms with E-state index in [-0.39, 0.29) is 5.69 Å². The van der Waals surface area contributed by atoms with Crippen molar-refractivity contribution in [1.29, 1.82) is 0 Å². The van der Waals surface area contributed by atoms with Crippen LogP contribution in [0.4, 0.5) is 0 Å². The number of carbonyl (C=O) groups is 1. The van der Waals surface area contributed by atoms with Crippen LogP contribution in [0.5, 0.6) is 5.75 Å². The highest BCUT2D eigenvalue weighted by molar-refractivity contribution is 9.11. The Kier molecular flexibility index (Phi) is 4.59. The van der Waals surface area contributed by atoms with E-state index in [2.05, 4.69) is 36.8 Å². The van der Waals surface area contributed by atoms with E-state index in [4.69, 9.17) is 9.47 Å². The van der Waals surface area contributed by atoms with Crippen molar-refractivity contribution in [3.05, 3.63) is 32.3 Å². The number of ether oxygens (including phenoxy) is 2. The first-order valence-corrected chi connectivity index (χ1v) is 7.55. The number of carbonyl (C=O) groups excluding carboxylic acids is 1. The zero-order valence-corrected chi connectivity index (χ0v) is 14.1. The number of halogens is 2. The molecule has 100 valence electrons. The third kappa shape index (κ3) is 2.98. The molecule has 0 aliphatic rings. The lowest BCUT2D eigenvalue weighted by atomic mass is 10.1. The second-order valence-corrected chi connectivity index (χ2v) is 6.61. The molecule has 0 fully saturated rings. The molecule has 0 saturated heterocycles. The van der Waals surface area contributed by atoms with Gasteiger partial charge < -0.3 is 9.47 Å². The van der Waals surface area contributed by atoms with Crippen LogP contribution in [-0.4, -0.2) is 25.2 Å². The Bertz CT molecular complexity index is 627. The summed E-state index contributed by atoms with van der Waals surface area (Å²) in [4.78, 5) is 16.6. The van der Waals surface area contributed by atoms with Crippen molar-refractivity contribution in [3.8, 4) is 16.2 Å². The SMILES string of the molecule is COC(=O)c1nc(Br)sc1-c1cc(OC)ccc1Br. The number of nitrogens with zero attached hydrogens (tertiary/aromatic N) is 1. The molecule has 0 amide bonds. The maximum atomic E-state index is 11.7. The van der Waals surface area contributed by atoms with Crippen LogP contribution in [0.1, 0.15) is 10.5 Å². The van der Waals surface area contributed by atoms with Gasteiger partial charge in [-0.25, -0.2) is 9.78 Å². The molecule has 0 unspecified atom stereocenters. The highest BCUT2D eigenvalue weighted by Gasteiger charge is 2.21. The monoisotopic (exact) mass is 405 g/mol. The van der Waals surface area contributed by atoms with Crippen LogP contribution in [-0.2, 0) is 4.74 Å². The van der Waals surface area contributed by atoms with E-state index in [1.807, 2.05) is 18.2 Å². The van der Waals surface area contributed by atoms with Gasteiger partial charge >= 0.3 is 5.97 Å². The Balaban J connectivity index is 2.61. The summed E-state index contributed by atoms with van der Waals surface area (Å²) < 4.78 is 11.4. The molecule has 0 N–H and O–H groups in total. The predicted molar refractivity (Wildman–Crippen MR) is 80.8 cm³/mol. The molecule has 0 aliphatic heterocycles. The molecule has 0 spiro atoms. The Labute approximate surface area is 131 Å². The summed E-state index contributed by atoms with van der Waals surface area (Å²) >= 11 is 8.12. The van der Waals surface area contributed by atoms with Gasteiger partial charge in [-0.15, -0.1) is 11.3 Å². The number of rotatable bonds is 3. The first kappa shape index (κ1) is 14.5. The number of hydrogen-bond acceptors (Lipinski definition) is 5. The van der Waals surface area contributed by atoms with Crippen molar-refractivity contribution in [2.24, 2.45) is 0 Å². The molecule has 1 aromatic carbocycles. The van der Waals surface area contributed by atoms with E-state index < -0.39 is 5.97 Å². The Hall–Kier alpha value is -0.920. The topological polar surface area (TPSA) is 48.4 Å². The Morgan fingerprint density at radius 1 is 1.32 bits per heavy atom. The molecular formula is C12H9Br2NO3S. The first-order chi connectivity index (χ1) is 9.06. The van der Waals surface area contributed by atoms with Crippen molar-refractivity contribution in [2.45, 2.75) is 0 Å². The Morgan fingerprint density at radius 3 is 2.68 bits per heavy atom. The van der Waals surface area contributed by atoms with Crippen LogP contribution in [0.15, 0.2) is 26.6 Å². The first-order valence-electron chi connectivity index (χ1n) is 5.15. The maximum Gasteiger partial charge on any atom is 0.358 e. The molecule has 0 saturated carbocycles. The highest BCUT2D eigenvalue weighted by Crippen LogP contribution is 2.39. The van der Waals surface area contributed by atoms with Gasteiger partial charge in [0.15, 0.2) is 9.61 Å². The molecule has 1 heterocycles. The second kappa shape index (κ2) is 6.02. The minimum Gasteiger partial charge on any atom is -0.497 e. The number of thiazole rings is 1. The third-order valence-electron chi connectivity index (χ3n) is 2.40. The van der Waals surface area contributed by atoms with Crippen molar-refractivity contribution < 1.29 is 14.3 Å². The van der Waals surface area contributed by atoms with Crippen LogP contribution < -0.4 is 4.74 Å². The Morgan fingerprint density at radius 2 is 2.05 bits per heavy atom. The van der Waals surface area contributed by atoms with E-state index >= 15 is 0 Å². The normalized spacial score (nSPS) is 10.3. The number of aromatic nitrogens is 1.